The SMILES string of the molecule is C[C@H](c1ccccc1)N(C)C(=O)C1=C(NS(=O)(=O)c2cccc3nsnc23)CC(C)(C)C=C1. The molecule has 0 fully saturated rings. The Morgan fingerprint density at radius 1 is 1.12 bits per heavy atom. The van der Waals surface area contributed by atoms with E-state index in [0.29, 0.717) is 28.7 Å². The molecule has 172 valence electrons. The zero-order valence-corrected chi connectivity index (χ0v) is 20.6. The van der Waals surface area contributed by atoms with E-state index in [1.165, 1.54) is 6.07 Å². The van der Waals surface area contributed by atoms with Crippen LogP contribution in [0.3, 0.4) is 0 Å². The number of carbonyl (C=O) groups is 1. The Morgan fingerprint density at radius 2 is 1.85 bits per heavy atom. The summed E-state index contributed by atoms with van der Waals surface area (Å²) in [6, 6.07) is 14.4. The summed E-state index contributed by atoms with van der Waals surface area (Å²) in [5, 5.41) is 0. The number of fused-ring (bicyclic) bond motifs is 1. The molecular formula is C24H26N4O3S2. The van der Waals surface area contributed by atoms with Crippen LogP contribution in [-0.4, -0.2) is 35.0 Å². The Kier molecular flexibility index (Phi) is 6.11. The third-order valence-electron chi connectivity index (χ3n) is 5.87. The van der Waals surface area contributed by atoms with Crippen molar-refractivity contribution in [3.8, 4) is 0 Å². The van der Waals surface area contributed by atoms with Gasteiger partial charge in [0.05, 0.1) is 23.3 Å². The van der Waals surface area contributed by atoms with E-state index in [9.17, 15) is 13.2 Å². The average molecular weight is 483 g/mol. The van der Waals surface area contributed by atoms with Crippen molar-refractivity contribution in [3.05, 3.63) is 77.5 Å². The molecule has 1 heterocycles. The Hall–Kier alpha value is -3.04. The van der Waals surface area contributed by atoms with E-state index in [0.717, 1.165) is 17.3 Å². The molecular weight excluding hydrogens is 456 g/mol. The molecule has 7 nitrogen and oxygen atoms in total. The van der Waals surface area contributed by atoms with Gasteiger partial charge in [0.1, 0.15) is 15.9 Å². The van der Waals surface area contributed by atoms with Gasteiger partial charge in [-0.3, -0.25) is 9.52 Å². The summed E-state index contributed by atoms with van der Waals surface area (Å²) in [6.45, 7) is 5.95. The van der Waals surface area contributed by atoms with Gasteiger partial charge >= 0.3 is 0 Å². The van der Waals surface area contributed by atoms with Crippen molar-refractivity contribution in [1.82, 2.24) is 18.4 Å². The number of hydrogen-bond donors (Lipinski definition) is 1. The lowest BCUT2D eigenvalue weighted by molar-refractivity contribution is -0.127. The lowest BCUT2D eigenvalue weighted by atomic mass is 9.82. The van der Waals surface area contributed by atoms with Crippen LogP contribution in [0.2, 0.25) is 0 Å². The van der Waals surface area contributed by atoms with E-state index < -0.39 is 10.0 Å². The van der Waals surface area contributed by atoms with Crippen molar-refractivity contribution < 1.29 is 13.2 Å². The second-order valence-electron chi connectivity index (χ2n) is 8.89. The largest absolute Gasteiger partial charge is 0.335 e. The van der Waals surface area contributed by atoms with Gasteiger partial charge in [-0.05, 0) is 36.5 Å². The van der Waals surface area contributed by atoms with E-state index in [1.54, 1.807) is 30.2 Å². The number of hydrogen-bond acceptors (Lipinski definition) is 6. The first-order chi connectivity index (χ1) is 15.6. The van der Waals surface area contributed by atoms with Crippen LogP contribution in [0.15, 0.2) is 76.8 Å². The van der Waals surface area contributed by atoms with Crippen LogP contribution < -0.4 is 4.72 Å². The van der Waals surface area contributed by atoms with Crippen LogP contribution in [0.1, 0.15) is 38.8 Å². The normalized spacial score (nSPS) is 16.6. The maximum absolute atomic E-state index is 13.5. The van der Waals surface area contributed by atoms with Crippen LogP contribution in [0.25, 0.3) is 11.0 Å². The lowest BCUT2D eigenvalue weighted by Crippen LogP contribution is -2.36. The summed E-state index contributed by atoms with van der Waals surface area (Å²) in [6.07, 6.45) is 4.05. The average Bonchev–Trinajstić information content (AvgIpc) is 3.26. The van der Waals surface area contributed by atoms with Gasteiger partial charge in [-0.1, -0.05) is 62.4 Å². The molecule has 0 unspecified atom stereocenters. The van der Waals surface area contributed by atoms with Gasteiger partial charge in [0, 0.05) is 12.7 Å². The van der Waals surface area contributed by atoms with E-state index in [-0.39, 0.29) is 22.3 Å². The first kappa shape index (κ1) is 23.1. The van der Waals surface area contributed by atoms with Gasteiger partial charge in [0.25, 0.3) is 15.9 Å². The van der Waals surface area contributed by atoms with Crippen molar-refractivity contribution >= 4 is 38.7 Å². The fourth-order valence-electron chi connectivity index (χ4n) is 3.85. The standard InChI is InChI=1S/C24H26N4O3S2/c1-16(17-9-6-5-7-10-17)28(4)23(29)18-13-14-24(2,3)15-20(18)27-33(30,31)21-12-8-11-19-22(21)26-32-25-19/h5-14,16,27H,15H2,1-4H3/t16-/m1/s1. The summed E-state index contributed by atoms with van der Waals surface area (Å²) in [5.74, 6) is -0.246. The molecule has 2 aromatic carbocycles. The Bertz CT molecular complexity index is 1360. The van der Waals surface area contributed by atoms with Crippen LogP contribution in [0.5, 0.6) is 0 Å². The number of aromatic nitrogens is 2. The van der Waals surface area contributed by atoms with Gasteiger partial charge < -0.3 is 4.90 Å². The molecule has 1 N–H and O–H groups in total. The van der Waals surface area contributed by atoms with Gasteiger partial charge in [-0.25, -0.2) is 8.42 Å². The van der Waals surface area contributed by atoms with Crippen LogP contribution >= 0.6 is 11.7 Å². The molecule has 3 aromatic rings. The van der Waals surface area contributed by atoms with Crippen LogP contribution in [0.4, 0.5) is 0 Å². The summed E-state index contributed by atoms with van der Waals surface area (Å²) in [5.41, 5.74) is 2.25. The monoisotopic (exact) mass is 482 g/mol. The van der Waals surface area contributed by atoms with E-state index >= 15 is 0 Å². The smallest absolute Gasteiger partial charge is 0.263 e. The highest BCUT2D eigenvalue weighted by molar-refractivity contribution is 7.89. The number of rotatable bonds is 6. The second-order valence-corrected chi connectivity index (χ2v) is 11.1. The Morgan fingerprint density at radius 3 is 2.58 bits per heavy atom. The molecule has 0 saturated heterocycles. The molecule has 1 aromatic heterocycles. The Balaban J connectivity index is 1.71. The highest BCUT2D eigenvalue weighted by atomic mass is 32.2. The van der Waals surface area contributed by atoms with Gasteiger partial charge in [0.2, 0.25) is 0 Å². The number of nitrogens with one attached hydrogen (secondary N) is 1. The molecule has 0 aliphatic heterocycles. The molecule has 1 amide bonds. The topological polar surface area (TPSA) is 92.3 Å². The van der Waals surface area contributed by atoms with Gasteiger partial charge in [-0.2, -0.15) is 8.75 Å². The van der Waals surface area contributed by atoms with Crippen molar-refractivity contribution in [2.75, 3.05) is 7.05 Å². The summed E-state index contributed by atoms with van der Waals surface area (Å²) >= 11 is 0.963. The minimum absolute atomic E-state index is 0.0476. The number of likely N-dealkylation sites (N-methyl/N-ethyl adjacent to an activating group) is 1. The minimum atomic E-state index is -3.98. The minimum Gasteiger partial charge on any atom is -0.335 e. The molecule has 9 heteroatoms. The summed E-state index contributed by atoms with van der Waals surface area (Å²) in [4.78, 5) is 15.2. The molecule has 4 rings (SSSR count). The quantitative estimate of drug-likeness (QED) is 0.561. The number of allylic oxidation sites excluding steroid dienone is 2. The fourth-order valence-corrected chi connectivity index (χ4v) is 5.73. The summed E-state index contributed by atoms with van der Waals surface area (Å²) < 4.78 is 37.7. The zero-order valence-electron chi connectivity index (χ0n) is 18.9. The maximum atomic E-state index is 13.5. The van der Waals surface area contributed by atoms with E-state index in [4.69, 9.17) is 0 Å². The first-order valence-corrected chi connectivity index (χ1v) is 12.8. The van der Waals surface area contributed by atoms with Gasteiger partial charge in [-0.15, -0.1) is 0 Å². The molecule has 0 saturated carbocycles. The summed E-state index contributed by atoms with van der Waals surface area (Å²) in [7, 11) is -2.25. The van der Waals surface area contributed by atoms with Crippen LogP contribution in [0, 0.1) is 5.41 Å². The maximum Gasteiger partial charge on any atom is 0.263 e. The number of sulfonamides is 1. The third-order valence-corrected chi connectivity index (χ3v) is 7.83. The number of benzene rings is 2. The molecule has 0 radical (unpaired) electrons. The molecule has 0 spiro atoms. The lowest BCUT2D eigenvalue weighted by Gasteiger charge is -2.31. The van der Waals surface area contributed by atoms with Crippen molar-refractivity contribution in [3.63, 3.8) is 0 Å². The first-order valence-electron chi connectivity index (χ1n) is 10.6. The Labute approximate surface area is 198 Å². The predicted octanol–water partition coefficient (Wildman–Crippen LogP) is 4.43. The predicted molar refractivity (Wildman–Crippen MR) is 130 cm³/mol. The molecule has 1 aliphatic rings. The second kappa shape index (κ2) is 8.72. The zero-order chi connectivity index (χ0) is 23.8. The van der Waals surface area contributed by atoms with Crippen molar-refractivity contribution in [1.29, 1.82) is 0 Å². The highest BCUT2D eigenvalue weighted by Crippen LogP contribution is 2.35. The number of amides is 1. The van der Waals surface area contributed by atoms with Crippen molar-refractivity contribution in [2.24, 2.45) is 5.41 Å². The molecule has 0 bridgehead atoms. The fraction of sp³-hybridized carbons (Fsp3) is 0.292. The van der Waals surface area contributed by atoms with E-state index in [2.05, 4.69) is 13.5 Å². The van der Waals surface area contributed by atoms with Gasteiger partial charge in [0.15, 0.2) is 0 Å². The van der Waals surface area contributed by atoms with Crippen molar-refractivity contribution in [2.45, 2.75) is 38.1 Å². The molecule has 33 heavy (non-hydrogen) atoms. The number of nitrogens with zero attached hydrogens (tertiary/aromatic N) is 3. The number of carbonyl (C=O) groups excluding carboxylic acids is 1. The molecule has 1 aliphatic carbocycles. The molecule has 1 atom stereocenters. The highest BCUT2D eigenvalue weighted by Gasteiger charge is 2.31. The third kappa shape index (κ3) is 4.69. The van der Waals surface area contributed by atoms with Crippen LogP contribution in [-0.2, 0) is 14.8 Å². The van der Waals surface area contributed by atoms with E-state index in [1.807, 2.05) is 57.2 Å².